The quantitative estimate of drug-likeness (QED) is 0.539. The van der Waals surface area contributed by atoms with Crippen molar-refractivity contribution >= 4 is 23.1 Å². The average Bonchev–Trinajstić information content (AvgIpc) is 2.89. The molecule has 0 bridgehead atoms. The van der Waals surface area contributed by atoms with Crippen LogP contribution in [0.1, 0.15) is 23.2 Å². The highest BCUT2D eigenvalue weighted by molar-refractivity contribution is 6.01. The van der Waals surface area contributed by atoms with Gasteiger partial charge in [0.2, 0.25) is 5.91 Å². The van der Waals surface area contributed by atoms with E-state index in [0.29, 0.717) is 31.1 Å². The second-order valence-corrected chi connectivity index (χ2v) is 10.5. The molecule has 1 unspecified atom stereocenters. The van der Waals surface area contributed by atoms with E-state index in [0.717, 1.165) is 32.2 Å². The van der Waals surface area contributed by atoms with Crippen molar-refractivity contribution in [2.45, 2.75) is 31.2 Å². The number of aromatic nitrogens is 1. The number of nitriles is 1. The van der Waals surface area contributed by atoms with Gasteiger partial charge in [0, 0.05) is 58.6 Å². The molecule has 2 fully saturated rings. The monoisotopic (exact) mass is 561 g/mol. The topological polar surface area (TPSA) is 96.8 Å². The number of morpholine rings is 1. The standard InChI is InChI=1S/C27H31F4N7O2/c1-17-12-19(27(29,30)31)18(13-32)24(34-17)35-21-6-7-38(9-8-37-10-11-40-26(16-37)14-33-15-26)23-20(28)4-3-5-22(23)36(2)25(21)39/h3-5,12,21,33H,6-11,14-16H2,1-2H3,(H,34,35). The molecule has 1 atom stereocenters. The van der Waals surface area contributed by atoms with E-state index in [1.54, 1.807) is 12.1 Å². The first-order valence-corrected chi connectivity index (χ1v) is 13.1. The van der Waals surface area contributed by atoms with Crippen LogP contribution >= 0.6 is 0 Å². The van der Waals surface area contributed by atoms with E-state index < -0.39 is 35.1 Å². The van der Waals surface area contributed by atoms with Gasteiger partial charge in [-0.15, -0.1) is 0 Å². The van der Waals surface area contributed by atoms with Crippen molar-refractivity contribution in [1.29, 1.82) is 5.26 Å². The van der Waals surface area contributed by atoms with Gasteiger partial charge in [-0.05, 0) is 31.5 Å². The summed E-state index contributed by atoms with van der Waals surface area (Å²) in [5.41, 5.74) is -1.27. The van der Waals surface area contributed by atoms with Gasteiger partial charge in [-0.2, -0.15) is 18.4 Å². The number of nitrogens with zero attached hydrogens (tertiary/aromatic N) is 5. The lowest BCUT2D eigenvalue weighted by Gasteiger charge is -2.49. The Morgan fingerprint density at radius 1 is 1.27 bits per heavy atom. The first-order chi connectivity index (χ1) is 19.0. The van der Waals surface area contributed by atoms with E-state index in [2.05, 4.69) is 20.5 Å². The summed E-state index contributed by atoms with van der Waals surface area (Å²) >= 11 is 0. The Bertz CT molecular complexity index is 1330. The molecule has 214 valence electrons. The molecule has 5 rings (SSSR count). The van der Waals surface area contributed by atoms with Gasteiger partial charge in [-0.1, -0.05) is 6.07 Å². The number of benzene rings is 1. The summed E-state index contributed by atoms with van der Waals surface area (Å²) in [5, 5.41) is 15.6. The van der Waals surface area contributed by atoms with Crippen molar-refractivity contribution in [3.63, 3.8) is 0 Å². The second-order valence-electron chi connectivity index (χ2n) is 10.5. The summed E-state index contributed by atoms with van der Waals surface area (Å²) in [7, 11) is 1.50. The number of amides is 1. The van der Waals surface area contributed by atoms with Gasteiger partial charge in [0.05, 0.1) is 23.5 Å². The predicted octanol–water partition coefficient (Wildman–Crippen LogP) is 2.75. The molecular formula is C27H31F4N7O2. The Morgan fingerprint density at radius 3 is 2.73 bits per heavy atom. The number of anilines is 3. The lowest BCUT2D eigenvalue weighted by atomic mass is 9.94. The van der Waals surface area contributed by atoms with Crippen LogP contribution in [0.2, 0.25) is 0 Å². The Kier molecular flexibility index (Phi) is 7.60. The molecule has 2 aromatic rings. The molecule has 1 amide bonds. The maximum Gasteiger partial charge on any atom is 0.417 e. The smallest absolute Gasteiger partial charge is 0.370 e. The lowest BCUT2D eigenvalue weighted by Crippen LogP contribution is -2.69. The summed E-state index contributed by atoms with van der Waals surface area (Å²) in [4.78, 5) is 23.1. The van der Waals surface area contributed by atoms with Gasteiger partial charge < -0.3 is 25.2 Å². The number of alkyl halides is 3. The first kappa shape index (κ1) is 28.1. The molecular weight excluding hydrogens is 530 g/mol. The Hall–Kier alpha value is -3.47. The van der Waals surface area contributed by atoms with E-state index in [4.69, 9.17) is 4.74 Å². The number of para-hydroxylation sites is 1. The minimum absolute atomic E-state index is 0.0551. The molecule has 1 aromatic heterocycles. The summed E-state index contributed by atoms with van der Waals surface area (Å²) in [6, 6.07) is 5.91. The number of likely N-dealkylation sites (N-methyl/N-ethyl adjacent to an activating group) is 1. The zero-order valence-electron chi connectivity index (χ0n) is 22.3. The third-order valence-electron chi connectivity index (χ3n) is 7.74. The van der Waals surface area contributed by atoms with Crippen LogP contribution in [-0.4, -0.2) is 86.9 Å². The number of carbonyl (C=O) groups excluding carboxylic acids is 1. The number of halogens is 4. The number of hydrogen-bond donors (Lipinski definition) is 2. The molecule has 0 saturated carbocycles. The average molecular weight is 562 g/mol. The Balaban J connectivity index is 1.42. The number of nitrogens with one attached hydrogen (secondary N) is 2. The minimum Gasteiger partial charge on any atom is -0.370 e. The summed E-state index contributed by atoms with van der Waals surface area (Å²) in [6.07, 6.45) is -4.62. The van der Waals surface area contributed by atoms with E-state index in [9.17, 15) is 23.2 Å². The third-order valence-corrected chi connectivity index (χ3v) is 7.74. The normalized spacial score (nSPS) is 21.3. The number of pyridine rings is 1. The zero-order valence-corrected chi connectivity index (χ0v) is 22.3. The Morgan fingerprint density at radius 2 is 2.05 bits per heavy atom. The molecule has 40 heavy (non-hydrogen) atoms. The van der Waals surface area contributed by atoms with Crippen LogP contribution in [0.25, 0.3) is 0 Å². The largest absolute Gasteiger partial charge is 0.417 e. The minimum atomic E-state index is -4.77. The molecule has 4 heterocycles. The van der Waals surface area contributed by atoms with Crippen LogP contribution in [0, 0.1) is 24.1 Å². The Labute approximate surface area is 229 Å². The molecule has 1 aromatic carbocycles. The first-order valence-electron chi connectivity index (χ1n) is 13.1. The van der Waals surface area contributed by atoms with Crippen molar-refractivity contribution in [2.24, 2.45) is 0 Å². The van der Waals surface area contributed by atoms with Crippen LogP contribution in [0.5, 0.6) is 0 Å². The van der Waals surface area contributed by atoms with Gasteiger partial charge in [-0.3, -0.25) is 9.69 Å². The van der Waals surface area contributed by atoms with E-state index in [1.165, 1.54) is 31.0 Å². The molecule has 2 saturated heterocycles. The van der Waals surface area contributed by atoms with Crippen LogP contribution in [0.4, 0.5) is 34.8 Å². The van der Waals surface area contributed by atoms with Crippen molar-refractivity contribution in [3.05, 3.63) is 46.9 Å². The highest BCUT2D eigenvalue weighted by Crippen LogP contribution is 2.37. The molecule has 9 nitrogen and oxygen atoms in total. The van der Waals surface area contributed by atoms with Crippen molar-refractivity contribution < 1.29 is 27.1 Å². The fraction of sp³-hybridized carbons (Fsp3) is 0.519. The third kappa shape index (κ3) is 5.43. The molecule has 0 aliphatic carbocycles. The van der Waals surface area contributed by atoms with Crippen molar-refractivity contribution in [2.75, 3.05) is 74.6 Å². The van der Waals surface area contributed by atoms with Crippen LogP contribution in [0.15, 0.2) is 24.3 Å². The van der Waals surface area contributed by atoms with Crippen LogP contribution in [-0.2, 0) is 15.7 Å². The number of ether oxygens (including phenoxy) is 1. The number of fused-ring (bicyclic) bond motifs is 1. The highest BCUT2D eigenvalue weighted by atomic mass is 19.4. The molecule has 1 spiro atoms. The fourth-order valence-corrected chi connectivity index (χ4v) is 5.59. The molecule has 3 aliphatic rings. The summed E-state index contributed by atoms with van der Waals surface area (Å²) in [6.45, 7) is 6.46. The second kappa shape index (κ2) is 10.8. The van der Waals surface area contributed by atoms with E-state index in [1.807, 2.05) is 4.90 Å². The zero-order chi connectivity index (χ0) is 28.7. The van der Waals surface area contributed by atoms with E-state index in [-0.39, 0.29) is 30.1 Å². The van der Waals surface area contributed by atoms with Crippen molar-refractivity contribution in [1.82, 2.24) is 15.2 Å². The lowest BCUT2D eigenvalue weighted by molar-refractivity contribution is -0.137. The van der Waals surface area contributed by atoms with Crippen LogP contribution < -0.4 is 20.4 Å². The summed E-state index contributed by atoms with van der Waals surface area (Å²) < 4.78 is 62.2. The number of carbonyl (C=O) groups is 1. The van der Waals surface area contributed by atoms with Crippen LogP contribution in [0.3, 0.4) is 0 Å². The van der Waals surface area contributed by atoms with E-state index >= 15 is 4.39 Å². The molecule has 2 N–H and O–H groups in total. The fourth-order valence-electron chi connectivity index (χ4n) is 5.59. The van der Waals surface area contributed by atoms with Gasteiger partial charge in [0.1, 0.15) is 34.9 Å². The van der Waals surface area contributed by atoms with Gasteiger partial charge >= 0.3 is 6.18 Å². The van der Waals surface area contributed by atoms with Gasteiger partial charge in [0.15, 0.2) is 0 Å². The van der Waals surface area contributed by atoms with Gasteiger partial charge in [-0.25, -0.2) is 9.37 Å². The molecule has 13 heteroatoms. The SMILES string of the molecule is Cc1cc(C(F)(F)F)c(C#N)c(NC2CCN(CCN3CCOC4(CNC4)C3)c3c(F)cccc3N(C)C2=O)n1. The molecule has 3 aliphatic heterocycles. The molecule has 0 radical (unpaired) electrons. The highest BCUT2D eigenvalue weighted by Gasteiger charge is 2.42. The predicted molar refractivity (Wildman–Crippen MR) is 141 cm³/mol. The maximum absolute atomic E-state index is 15.2. The number of rotatable bonds is 5. The number of hydrogen-bond acceptors (Lipinski definition) is 8. The van der Waals surface area contributed by atoms with Crippen molar-refractivity contribution in [3.8, 4) is 6.07 Å². The maximum atomic E-state index is 15.2. The van der Waals surface area contributed by atoms with Gasteiger partial charge in [0.25, 0.3) is 0 Å². The summed E-state index contributed by atoms with van der Waals surface area (Å²) in [5.74, 6) is -1.24. The number of aryl methyl sites for hydroxylation is 1.